The van der Waals surface area contributed by atoms with Crippen LogP contribution in [0.15, 0.2) is 127 Å². The zero-order valence-electron chi connectivity index (χ0n) is 64.0. The number of ether oxygens (including phenoxy) is 5. The van der Waals surface area contributed by atoms with E-state index in [4.69, 9.17) is 24.1 Å². The van der Waals surface area contributed by atoms with Gasteiger partial charge in [-0.1, -0.05) is 120 Å². The molecule has 10 rings (SSSR count). The number of phenolic OH excluding ortho intramolecular Hbond substituents is 1. The number of carbonyl (C=O) groups is 5. The van der Waals surface area contributed by atoms with Crippen LogP contribution in [0, 0.1) is 56.6 Å². The topological polar surface area (TPSA) is 209 Å². The van der Waals surface area contributed by atoms with Crippen LogP contribution in [0.3, 0.4) is 0 Å². The Labute approximate surface area is 611 Å². The number of rotatable bonds is 20. The van der Waals surface area contributed by atoms with Gasteiger partial charge in [-0.05, 0) is 251 Å². The SMILES string of the molecule is CCC(C)(C)C(=O)OC(C)(C)C#CC(C)(C)OC(=O)C(C)(C)CC.CCC(C)(C)C(=O)OC(C)(C)c1ccc(F)cc1.CCC(C)(C)C(=O)OC12CC3CC(C1)CC(C(=O)OC(CS(=O)(=O)[O-])C(F)(F)F)(C3)C2.CCC(C)c1ccc(O)cc1.c1ccc(-[s+]2c3ccccc3c3ccccc32)cc1. The number of fused-ring (bicyclic) bond motifs is 3. The van der Waals surface area contributed by atoms with Gasteiger partial charge in [-0.3, -0.25) is 24.0 Å². The molecule has 20 heteroatoms. The number of thiophene rings is 1. The average Bonchev–Trinajstić information content (AvgIpc) is 1.32. The van der Waals surface area contributed by atoms with Crippen molar-refractivity contribution in [2.75, 3.05) is 5.75 Å². The maximum atomic E-state index is 13.3. The molecule has 14 nitrogen and oxygen atoms in total. The molecular weight excluding hydrogens is 1360 g/mol. The zero-order chi connectivity index (χ0) is 77.8. The molecule has 4 aliphatic rings. The van der Waals surface area contributed by atoms with Gasteiger partial charge in [0.25, 0.3) is 0 Å². The first-order valence-electron chi connectivity index (χ1n) is 35.7. The van der Waals surface area contributed by atoms with E-state index < -0.39 is 89.6 Å². The van der Waals surface area contributed by atoms with Gasteiger partial charge in [0.05, 0.1) is 42.9 Å². The monoisotopic (exact) mass is 1470 g/mol. The van der Waals surface area contributed by atoms with Crippen molar-refractivity contribution in [3.8, 4) is 22.5 Å². The molecule has 0 amide bonds. The highest BCUT2D eigenvalue weighted by Gasteiger charge is 2.64. The van der Waals surface area contributed by atoms with Crippen LogP contribution in [0.4, 0.5) is 17.6 Å². The number of hydrogen-bond donors (Lipinski definition) is 1. The number of benzene rings is 5. The molecule has 4 atom stereocenters. The third-order valence-corrected chi connectivity index (χ3v) is 23.3. The first-order chi connectivity index (χ1) is 47.4. The van der Waals surface area contributed by atoms with Gasteiger partial charge in [0, 0.05) is 27.7 Å². The number of esters is 5. The fourth-order valence-electron chi connectivity index (χ4n) is 12.2. The second kappa shape index (κ2) is 34.3. The summed E-state index contributed by atoms with van der Waals surface area (Å²) < 4.78 is 115. The van der Waals surface area contributed by atoms with Crippen molar-refractivity contribution in [2.24, 2.45) is 38.9 Å². The standard InChI is InChI=1S/C20H29F3O7S.C20H34O4.C18H13S.C15H21FO2.C10H14O/c1-4-17(2,3)15(24)30-19-8-12-5-13(9-19)7-18(6-12,11-19)16(25)29-14(20(21,22)23)10-31(26,27)28;1-11-17(3,4)15(21)23-19(7,8)13-14-20(9,10)24-16(22)18(5,6)12-2;1-2-8-14(9-3-1)19-17-12-6-4-10-15(17)16-11-5-7-13-18(16)19;1-6-14(2,3)13(17)18-15(4,5)11-7-9-12(16)10-8-11;1-3-8(2)9-4-6-10(11)7-5-9/h12-14H,4-11H2,1-3H3,(H,26,27,28);11-12H2,1-10H3;1-13H;7-10H,6H2,1-5H3;4-8,11H,3H2,1-2H3/q;;+1;;/p-1. The molecule has 1 N–H and O–H groups in total. The Kier molecular flexibility index (Phi) is 28.7. The molecule has 0 spiro atoms. The normalized spacial score (nSPS) is 18.8. The molecule has 4 saturated carbocycles. The van der Waals surface area contributed by atoms with Gasteiger partial charge in [0.2, 0.25) is 6.10 Å². The van der Waals surface area contributed by atoms with Gasteiger partial charge in [0.15, 0.2) is 25.5 Å². The number of carbonyl (C=O) groups excluding carboxylic acids is 5. The van der Waals surface area contributed by atoms with Crippen molar-refractivity contribution in [3.63, 3.8) is 0 Å². The molecule has 6 aromatic rings. The Morgan fingerprint density at radius 1 is 0.573 bits per heavy atom. The van der Waals surface area contributed by atoms with Crippen LogP contribution in [0.25, 0.3) is 25.1 Å². The predicted molar refractivity (Wildman–Crippen MR) is 398 cm³/mol. The quantitative estimate of drug-likeness (QED) is 0.0188. The lowest BCUT2D eigenvalue weighted by Crippen LogP contribution is -2.61. The van der Waals surface area contributed by atoms with Gasteiger partial charge >= 0.3 is 36.0 Å². The number of phenols is 1. The van der Waals surface area contributed by atoms with Crippen molar-refractivity contribution in [1.82, 2.24) is 0 Å². The third kappa shape index (κ3) is 23.8. The second-order valence-electron chi connectivity index (χ2n) is 31.9. The summed E-state index contributed by atoms with van der Waals surface area (Å²) in [5.74, 6) is 2.25. The second-order valence-corrected chi connectivity index (χ2v) is 35.3. The average molecular weight is 1470 g/mol. The smallest absolute Gasteiger partial charge is 0.426 e. The van der Waals surface area contributed by atoms with Crippen LogP contribution in [0.2, 0.25) is 0 Å². The lowest BCUT2D eigenvalue weighted by Gasteiger charge is -2.60. The van der Waals surface area contributed by atoms with Gasteiger partial charge in [-0.25, -0.2) is 12.8 Å². The van der Waals surface area contributed by atoms with Crippen LogP contribution in [0.5, 0.6) is 5.75 Å². The summed E-state index contributed by atoms with van der Waals surface area (Å²) in [6.07, 6.45) is -1.91. The number of alkyl halides is 3. The van der Waals surface area contributed by atoms with Crippen molar-refractivity contribution < 1.29 is 83.3 Å². The largest absolute Gasteiger partial charge is 0.748 e. The van der Waals surface area contributed by atoms with Crippen LogP contribution in [-0.4, -0.2) is 82.8 Å². The van der Waals surface area contributed by atoms with E-state index in [1.54, 1.807) is 65.8 Å². The first kappa shape index (κ1) is 86.3. The van der Waals surface area contributed by atoms with E-state index in [2.05, 4.69) is 109 Å². The fourth-order valence-corrected chi connectivity index (χ4v) is 15.2. The Morgan fingerprint density at radius 2 is 0.981 bits per heavy atom. The Morgan fingerprint density at radius 3 is 1.39 bits per heavy atom. The van der Waals surface area contributed by atoms with Crippen molar-refractivity contribution in [3.05, 3.63) is 144 Å². The van der Waals surface area contributed by atoms with Crippen LogP contribution in [-0.2, 0) is 63.4 Å². The lowest BCUT2D eigenvalue weighted by atomic mass is 9.48. The highest BCUT2D eigenvalue weighted by Crippen LogP contribution is 2.64. The van der Waals surface area contributed by atoms with E-state index in [9.17, 15) is 54.5 Å². The maximum Gasteiger partial charge on any atom is 0.426 e. The van der Waals surface area contributed by atoms with Gasteiger partial charge in [-0.15, -0.1) is 0 Å². The molecule has 0 radical (unpaired) electrons. The molecule has 4 aliphatic carbocycles. The first-order valence-corrected chi connectivity index (χ1v) is 38.5. The molecular formula is C83H110F4O14S2. The van der Waals surface area contributed by atoms with Gasteiger partial charge < -0.3 is 33.3 Å². The Bertz CT molecular complexity index is 3930. The molecule has 4 unspecified atom stereocenters. The predicted octanol–water partition coefficient (Wildman–Crippen LogP) is 20.5. The molecule has 0 aliphatic heterocycles. The van der Waals surface area contributed by atoms with E-state index in [1.165, 1.54) is 42.8 Å². The summed E-state index contributed by atoms with van der Waals surface area (Å²) in [6, 6.07) is 41.8. The number of hydrogen-bond acceptors (Lipinski definition) is 14. The van der Waals surface area contributed by atoms with Crippen LogP contribution >= 0.6 is 10.5 Å². The minimum atomic E-state index is -5.27. The van der Waals surface area contributed by atoms with E-state index in [-0.39, 0.29) is 52.5 Å². The molecule has 4 fully saturated rings. The van der Waals surface area contributed by atoms with E-state index in [0.717, 1.165) is 18.4 Å². The number of aromatic hydroxyl groups is 1. The van der Waals surface area contributed by atoms with Crippen molar-refractivity contribution >= 4 is 70.6 Å². The summed E-state index contributed by atoms with van der Waals surface area (Å²) in [7, 11) is -5.21. The molecule has 5 aromatic carbocycles. The van der Waals surface area contributed by atoms with E-state index in [1.807, 2.05) is 95.2 Å². The summed E-state index contributed by atoms with van der Waals surface area (Å²) in [6.45, 7) is 37.2. The molecule has 103 heavy (non-hydrogen) atoms. The van der Waals surface area contributed by atoms with Crippen LogP contribution < -0.4 is 0 Å². The fraction of sp³-hybridized carbons (Fsp3) is 0.554. The molecule has 1 heterocycles. The van der Waals surface area contributed by atoms with Gasteiger partial charge in [0.1, 0.15) is 22.8 Å². The van der Waals surface area contributed by atoms with Crippen molar-refractivity contribution in [1.29, 1.82) is 0 Å². The molecule has 0 saturated heterocycles. The van der Waals surface area contributed by atoms with Crippen molar-refractivity contribution in [2.45, 2.75) is 250 Å². The minimum Gasteiger partial charge on any atom is -0.748 e. The molecule has 4 bridgehead atoms. The van der Waals surface area contributed by atoms with E-state index >= 15 is 0 Å². The van der Waals surface area contributed by atoms with Crippen LogP contribution in [0.1, 0.15) is 226 Å². The summed E-state index contributed by atoms with van der Waals surface area (Å²) >= 11 is 0. The highest BCUT2D eigenvalue weighted by molar-refractivity contribution is 7.85. The summed E-state index contributed by atoms with van der Waals surface area (Å²) in [4.78, 5) is 63.6. The van der Waals surface area contributed by atoms with Gasteiger partial charge in [-0.2, -0.15) is 13.2 Å². The number of halogens is 4. The molecule has 566 valence electrons. The minimum absolute atomic E-state index is 0.00100. The summed E-state index contributed by atoms with van der Waals surface area (Å²) in [5.41, 5.74) is -5.13. The third-order valence-electron chi connectivity index (χ3n) is 20.3. The zero-order valence-corrected chi connectivity index (χ0v) is 65.6. The highest BCUT2D eigenvalue weighted by atomic mass is 32.2. The van der Waals surface area contributed by atoms with E-state index in [0.29, 0.717) is 63.0 Å². The summed E-state index contributed by atoms with van der Waals surface area (Å²) in [5, 5.41) is 11.8. The Balaban J connectivity index is 0.000000239. The maximum absolute atomic E-state index is 13.3. The Hall–Kier alpha value is -7.34. The lowest BCUT2D eigenvalue weighted by molar-refractivity contribution is -0.239. The molecule has 1 aromatic heterocycles.